The Morgan fingerprint density at radius 1 is 1.38 bits per heavy atom. The quantitative estimate of drug-likeness (QED) is 0.382. The molecule has 0 aromatic carbocycles. The van der Waals surface area contributed by atoms with Crippen molar-refractivity contribution in [1.29, 1.82) is 0 Å². The maximum Gasteiger partial charge on any atom is 0.213 e. The van der Waals surface area contributed by atoms with Gasteiger partial charge in [0, 0.05) is 39.0 Å². The van der Waals surface area contributed by atoms with Gasteiger partial charge in [-0.15, -0.1) is 24.0 Å². The van der Waals surface area contributed by atoms with Gasteiger partial charge in [-0.3, -0.25) is 4.99 Å². The van der Waals surface area contributed by atoms with E-state index >= 15 is 0 Å². The molecule has 0 bridgehead atoms. The Balaban J connectivity index is 0.00000288. The van der Waals surface area contributed by atoms with Crippen molar-refractivity contribution < 1.29 is 9.47 Å². The van der Waals surface area contributed by atoms with Crippen molar-refractivity contribution in [3.63, 3.8) is 0 Å². The fraction of sp³-hybridized carbons (Fsp3) is 0.647. The summed E-state index contributed by atoms with van der Waals surface area (Å²) in [5.41, 5.74) is 1.09. The molecule has 0 saturated heterocycles. The Labute approximate surface area is 161 Å². The normalized spacial score (nSPS) is 16.4. The number of pyridine rings is 1. The highest BCUT2D eigenvalue weighted by atomic mass is 127. The van der Waals surface area contributed by atoms with E-state index in [4.69, 9.17) is 9.47 Å². The second-order valence-corrected chi connectivity index (χ2v) is 5.96. The van der Waals surface area contributed by atoms with Crippen LogP contribution in [0.15, 0.2) is 23.3 Å². The molecule has 1 atom stereocenters. The van der Waals surface area contributed by atoms with E-state index < -0.39 is 0 Å². The van der Waals surface area contributed by atoms with Gasteiger partial charge in [-0.2, -0.15) is 0 Å². The Bertz CT molecular complexity index is 490. The first kappa shape index (κ1) is 21.0. The van der Waals surface area contributed by atoms with Gasteiger partial charge in [0.25, 0.3) is 0 Å². The molecule has 1 aliphatic carbocycles. The second-order valence-electron chi connectivity index (χ2n) is 5.96. The minimum absolute atomic E-state index is 0. The minimum atomic E-state index is 0. The summed E-state index contributed by atoms with van der Waals surface area (Å²) in [5, 5.41) is 6.54. The predicted molar refractivity (Wildman–Crippen MR) is 107 cm³/mol. The van der Waals surface area contributed by atoms with Crippen molar-refractivity contribution in [2.75, 3.05) is 20.8 Å². The summed E-state index contributed by atoms with van der Waals surface area (Å²) in [6, 6.07) is 4.18. The van der Waals surface area contributed by atoms with Gasteiger partial charge in [-0.05, 0) is 38.2 Å². The smallest absolute Gasteiger partial charge is 0.213 e. The van der Waals surface area contributed by atoms with Crippen molar-refractivity contribution in [2.24, 2.45) is 4.99 Å². The van der Waals surface area contributed by atoms with Crippen LogP contribution in [0, 0.1) is 0 Å². The van der Waals surface area contributed by atoms with Crippen LogP contribution in [0.2, 0.25) is 0 Å². The molecule has 0 amide bonds. The van der Waals surface area contributed by atoms with Crippen molar-refractivity contribution >= 4 is 29.9 Å². The van der Waals surface area contributed by atoms with Crippen molar-refractivity contribution in [3.05, 3.63) is 23.9 Å². The number of ether oxygens (including phenoxy) is 2. The van der Waals surface area contributed by atoms with Crippen LogP contribution in [0.25, 0.3) is 0 Å². The van der Waals surface area contributed by atoms with Gasteiger partial charge < -0.3 is 20.1 Å². The van der Waals surface area contributed by atoms with Crippen LogP contribution in [-0.2, 0) is 11.3 Å². The lowest BCUT2D eigenvalue weighted by atomic mass is 10.3. The molecule has 2 N–H and O–H groups in total. The van der Waals surface area contributed by atoms with Gasteiger partial charge in [0.1, 0.15) is 6.10 Å². The summed E-state index contributed by atoms with van der Waals surface area (Å²) in [7, 11) is 3.45. The maximum absolute atomic E-state index is 5.88. The lowest BCUT2D eigenvalue weighted by Crippen LogP contribution is -2.43. The number of halogens is 1. The number of nitrogens with one attached hydrogen (secondary N) is 2. The van der Waals surface area contributed by atoms with Gasteiger partial charge in [0.05, 0.1) is 6.61 Å². The number of hydrogen-bond acceptors (Lipinski definition) is 4. The third-order valence-electron chi connectivity index (χ3n) is 3.87. The van der Waals surface area contributed by atoms with E-state index in [9.17, 15) is 0 Å². The third-order valence-corrected chi connectivity index (χ3v) is 3.87. The van der Waals surface area contributed by atoms with Crippen molar-refractivity contribution in [1.82, 2.24) is 15.6 Å². The molecule has 7 heteroatoms. The second kappa shape index (κ2) is 11.5. The fourth-order valence-corrected chi connectivity index (χ4v) is 2.67. The molecule has 1 heterocycles. The number of aliphatic imine (C=N–C) groups is 1. The SMILES string of the molecule is CN=C(NCc1ccc(OC2CCCC2)nc1)NC(C)COC.I. The number of nitrogens with zero attached hydrogens (tertiary/aromatic N) is 2. The number of rotatable bonds is 7. The fourth-order valence-electron chi connectivity index (χ4n) is 2.67. The number of aromatic nitrogens is 1. The van der Waals surface area contributed by atoms with E-state index in [1.807, 2.05) is 25.3 Å². The van der Waals surface area contributed by atoms with Crippen LogP contribution in [0.4, 0.5) is 0 Å². The Morgan fingerprint density at radius 2 is 2.12 bits per heavy atom. The molecule has 136 valence electrons. The van der Waals surface area contributed by atoms with E-state index in [1.165, 1.54) is 12.8 Å². The van der Waals surface area contributed by atoms with E-state index in [0.717, 1.165) is 30.2 Å². The van der Waals surface area contributed by atoms with Crippen LogP contribution in [0.1, 0.15) is 38.2 Å². The third kappa shape index (κ3) is 7.21. The lowest BCUT2D eigenvalue weighted by molar-refractivity contribution is 0.179. The molecule has 1 fully saturated rings. The van der Waals surface area contributed by atoms with Crippen LogP contribution in [-0.4, -0.2) is 43.9 Å². The molecule has 24 heavy (non-hydrogen) atoms. The van der Waals surface area contributed by atoms with Gasteiger partial charge in [-0.25, -0.2) is 4.98 Å². The predicted octanol–water partition coefficient (Wildman–Crippen LogP) is 2.72. The van der Waals surface area contributed by atoms with E-state index in [1.54, 1.807) is 14.2 Å². The van der Waals surface area contributed by atoms with E-state index in [-0.39, 0.29) is 30.0 Å². The minimum Gasteiger partial charge on any atom is -0.474 e. The molecule has 1 aromatic heterocycles. The highest BCUT2D eigenvalue weighted by Crippen LogP contribution is 2.22. The lowest BCUT2D eigenvalue weighted by Gasteiger charge is -2.17. The number of hydrogen-bond donors (Lipinski definition) is 2. The molecule has 1 aromatic rings. The van der Waals surface area contributed by atoms with Crippen LogP contribution < -0.4 is 15.4 Å². The molecule has 0 spiro atoms. The van der Waals surface area contributed by atoms with Crippen molar-refractivity contribution in [2.45, 2.75) is 51.3 Å². The van der Waals surface area contributed by atoms with Gasteiger partial charge in [0.15, 0.2) is 5.96 Å². The zero-order chi connectivity index (χ0) is 16.5. The summed E-state index contributed by atoms with van der Waals surface area (Å²) in [6.07, 6.45) is 7.01. The summed E-state index contributed by atoms with van der Waals surface area (Å²) in [4.78, 5) is 8.60. The zero-order valence-corrected chi connectivity index (χ0v) is 17.1. The zero-order valence-electron chi connectivity index (χ0n) is 14.7. The van der Waals surface area contributed by atoms with Crippen LogP contribution in [0.3, 0.4) is 0 Å². The highest BCUT2D eigenvalue weighted by molar-refractivity contribution is 14.0. The summed E-state index contributed by atoms with van der Waals surface area (Å²) in [5.74, 6) is 1.47. The largest absolute Gasteiger partial charge is 0.474 e. The van der Waals surface area contributed by atoms with Gasteiger partial charge in [-0.1, -0.05) is 6.07 Å². The van der Waals surface area contributed by atoms with Crippen LogP contribution >= 0.6 is 24.0 Å². The topological polar surface area (TPSA) is 67.8 Å². The van der Waals surface area contributed by atoms with Gasteiger partial charge >= 0.3 is 0 Å². The Kier molecular flexibility index (Phi) is 10.0. The first-order valence-corrected chi connectivity index (χ1v) is 8.29. The van der Waals surface area contributed by atoms with Crippen LogP contribution in [0.5, 0.6) is 5.88 Å². The molecule has 1 unspecified atom stereocenters. The summed E-state index contributed by atoms with van der Waals surface area (Å²) in [6.45, 7) is 3.35. The van der Waals surface area contributed by atoms with Crippen molar-refractivity contribution in [3.8, 4) is 5.88 Å². The molecule has 6 nitrogen and oxygen atoms in total. The summed E-state index contributed by atoms with van der Waals surface area (Å²) < 4.78 is 11.0. The number of methoxy groups -OCH3 is 1. The molecular formula is C17H29IN4O2. The maximum atomic E-state index is 5.88. The average molecular weight is 448 g/mol. The van der Waals surface area contributed by atoms with Gasteiger partial charge in [0.2, 0.25) is 5.88 Å². The Morgan fingerprint density at radius 3 is 2.71 bits per heavy atom. The molecule has 1 saturated carbocycles. The molecule has 0 aliphatic heterocycles. The molecule has 2 rings (SSSR count). The summed E-state index contributed by atoms with van der Waals surface area (Å²) >= 11 is 0. The molecule has 0 radical (unpaired) electrons. The number of guanidine groups is 1. The monoisotopic (exact) mass is 448 g/mol. The van der Waals surface area contributed by atoms with E-state index in [2.05, 4.69) is 20.6 Å². The Hall–Kier alpha value is -1.09. The molecule has 1 aliphatic rings. The highest BCUT2D eigenvalue weighted by Gasteiger charge is 2.16. The first-order valence-electron chi connectivity index (χ1n) is 8.29. The van der Waals surface area contributed by atoms with E-state index in [0.29, 0.717) is 19.3 Å². The standard InChI is InChI=1S/C17H28N4O2.HI/c1-13(12-22-3)21-17(18-2)20-11-14-8-9-16(19-10-14)23-15-6-4-5-7-15;/h8-10,13,15H,4-7,11-12H2,1-3H3,(H2,18,20,21);1H. The first-order chi connectivity index (χ1) is 11.2. The average Bonchev–Trinajstić information content (AvgIpc) is 3.06. The molecular weight excluding hydrogens is 419 g/mol.